The summed E-state index contributed by atoms with van der Waals surface area (Å²) in [5, 5.41) is 2.84. The lowest BCUT2D eigenvalue weighted by Gasteiger charge is -2.09. The Hall–Kier alpha value is -2.89. The monoisotopic (exact) mass is 336 g/mol. The average Bonchev–Trinajstić information content (AvgIpc) is 2.82. The lowest BCUT2D eigenvalue weighted by molar-refractivity contribution is 0.102. The van der Waals surface area contributed by atoms with Crippen molar-refractivity contribution in [2.75, 3.05) is 5.32 Å². The van der Waals surface area contributed by atoms with Gasteiger partial charge in [-0.25, -0.2) is 4.98 Å². The number of hydrogen-bond acceptors (Lipinski definition) is 3. The third kappa shape index (κ3) is 2.95. The Balaban J connectivity index is 1.69. The molecule has 6 heteroatoms. The van der Waals surface area contributed by atoms with Crippen LogP contribution in [0, 0.1) is 6.92 Å². The Bertz CT molecular complexity index is 1020. The molecule has 1 aliphatic rings. The predicted octanol–water partition coefficient (Wildman–Crippen LogP) is 3.08. The summed E-state index contributed by atoms with van der Waals surface area (Å²) in [6, 6.07) is 7.29. The van der Waals surface area contributed by atoms with Crippen LogP contribution in [0.5, 0.6) is 0 Å². The average molecular weight is 336 g/mol. The van der Waals surface area contributed by atoms with Gasteiger partial charge in [-0.2, -0.15) is 0 Å². The lowest BCUT2D eigenvalue weighted by Crippen LogP contribution is -2.25. The molecule has 128 valence electrons. The maximum Gasteiger partial charge on any atom is 0.261 e. The van der Waals surface area contributed by atoms with Crippen LogP contribution in [-0.4, -0.2) is 20.9 Å². The van der Waals surface area contributed by atoms with Gasteiger partial charge in [-0.1, -0.05) is 12.5 Å². The number of benzene rings is 1. The fourth-order valence-electron chi connectivity index (χ4n) is 3.47. The quantitative estimate of drug-likeness (QED) is 0.628. The normalized spacial score (nSPS) is 14.1. The number of rotatable bonds is 2. The molecular weight excluding hydrogens is 316 g/mol. The minimum atomic E-state index is -0.401. The molecule has 6 nitrogen and oxygen atoms in total. The first-order valence-electron chi connectivity index (χ1n) is 8.63. The molecule has 0 bridgehead atoms. The Kier molecular flexibility index (Phi) is 3.87. The molecule has 0 atom stereocenters. The third-order valence-corrected chi connectivity index (χ3v) is 4.71. The first-order valence-corrected chi connectivity index (χ1v) is 8.63. The number of nitrogens with one attached hydrogen (secondary N) is 3. The summed E-state index contributed by atoms with van der Waals surface area (Å²) >= 11 is 0. The highest BCUT2D eigenvalue weighted by Crippen LogP contribution is 2.22. The van der Waals surface area contributed by atoms with E-state index in [9.17, 15) is 9.59 Å². The minimum absolute atomic E-state index is 0.157. The zero-order chi connectivity index (χ0) is 17.4. The van der Waals surface area contributed by atoms with E-state index in [1.807, 2.05) is 19.1 Å². The number of nitrogens with zero attached hydrogens (tertiary/aromatic N) is 1. The zero-order valence-corrected chi connectivity index (χ0v) is 14.1. The summed E-state index contributed by atoms with van der Waals surface area (Å²) in [5.74, 6) is 0.376. The lowest BCUT2D eigenvalue weighted by atomic mass is 10.1. The smallest absolute Gasteiger partial charge is 0.261 e. The number of imidazole rings is 1. The predicted molar refractivity (Wildman–Crippen MR) is 97.1 cm³/mol. The standard InChI is InChI=1S/C19H20N4O2/c1-11-20-15-8-5-9-16(17(15)21-11)23-19(25)13-10-12-6-3-2-4-7-14(12)22-18(13)24/h5,8-10H,2-4,6-7H2,1H3,(H,20,21)(H,22,24)(H,23,25). The largest absolute Gasteiger partial charge is 0.342 e. The number of hydrogen-bond donors (Lipinski definition) is 3. The molecule has 0 fully saturated rings. The number of amides is 1. The van der Waals surface area contributed by atoms with E-state index in [-0.39, 0.29) is 11.1 Å². The van der Waals surface area contributed by atoms with Crippen molar-refractivity contribution in [2.45, 2.75) is 39.0 Å². The van der Waals surface area contributed by atoms with Gasteiger partial charge in [0.25, 0.3) is 11.5 Å². The number of pyridine rings is 1. The van der Waals surface area contributed by atoms with E-state index >= 15 is 0 Å². The summed E-state index contributed by atoms with van der Waals surface area (Å²) < 4.78 is 0. The fraction of sp³-hybridized carbons (Fsp3) is 0.316. The zero-order valence-electron chi connectivity index (χ0n) is 14.1. The number of fused-ring (bicyclic) bond motifs is 2. The highest BCUT2D eigenvalue weighted by Gasteiger charge is 2.17. The van der Waals surface area contributed by atoms with E-state index in [1.165, 1.54) is 0 Å². The fourth-order valence-corrected chi connectivity index (χ4v) is 3.47. The first kappa shape index (κ1) is 15.6. The molecule has 1 amide bonds. The number of carbonyl (C=O) groups is 1. The number of aromatic nitrogens is 3. The van der Waals surface area contributed by atoms with E-state index in [0.29, 0.717) is 11.2 Å². The molecule has 4 rings (SSSR count). The maximum absolute atomic E-state index is 12.7. The van der Waals surface area contributed by atoms with Gasteiger partial charge in [0.1, 0.15) is 16.9 Å². The van der Waals surface area contributed by atoms with Gasteiger partial charge < -0.3 is 15.3 Å². The molecule has 1 aromatic carbocycles. The second kappa shape index (κ2) is 6.20. The van der Waals surface area contributed by atoms with Crippen molar-refractivity contribution in [3.8, 4) is 0 Å². The summed E-state index contributed by atoms with van der Waals surface area (Å²) in [6.07, 6.45) is 5.10. The second-order valence-electron chi connectivity index (χ2n) is 6.55. The number of aryl methyl sites for hydroxylation is 3. The van der Waals surface area contributed by atoms with Crippen LogP contribution in [0.25, 0.3) is 11.0 Å². The highest BCUT2D eigenvalue weighted by atomic mass is 16.2. The molecule has 0 radical (unpaired) electrons. The van der Waals surface area contributed by atoms with Crippen LogP contribution >= 0.6 is 0 Å². The van der Waals surface area contributed by atoms with E-state index in [2.05, 4.69) is 20.3 Å². The van der Waals surface area contributed by atoms with Crippen molar-refractivity contribution in [1.82, 2.24) is 15.0 Å². The molecule has 0 saturated heterocycles. The number of para-hydroxylation sites is 1. The Morgan fingerprint density at radius 1 is 1.16 bits per heavy atom. The van der Waals surface area contributed by atoms with Gasteiger partial charge in [0.05, 0.1) is 11.2 Å². The van der Waals surface area contributed by atoms with Crippen LogP contribution < -0.4 is 10.9 Å². The minimum Gasteiger partial charge on any atom is -0.342 e. The molecule has 0 saturated carbocycles. The maximum atomic E-state index is 12.7. The first-order chi connectivity index (χ1) is 12.1. The summed E-state index contributed by atoms with van der Waals surface area (Å²) in [6.45, 7) is 1.86. The van der Waals surface area contributed by atoms with Gasteiger partial charge in [-0.15, -0.1) is 0 Å². The Morgan fingerprint density at radius 3 is 2.88 bits per heavy atom. The van der Waals surface area contributed by atoms with Crippen LogP contribution in [0.15, 0.2) is 29.1 Å². The highest BCUT2D eigenvalue weighted by molar-refractivity contribution is 6.07. The van der Waals surface area contributed by atoms with Crippen LogP contribution in [0.4, 0.5) is 5.69 Å². The van der Waals surface area contributed by atoms with E-state index < -0.39 is 5.91 Å². The van der Waals surface area contributed by atoms with E-state index in [0.717, 1.165) is 54.7 Å². The third-order valence-electron chi connectivity index (χ3n) is 4.71. The molecule has 2 heterocycles. The number of aromatic amines is 2. The van der Waals surface area contributed by atoms with Crippen molar-refractivity contribution >= 4 is 22.6 Å². The number of H-pyrrole nitrogens is 2. The van der Waals surface area contributed by atoms with Crippen LogP contribution in [0.1, 0.15) is 46.7 Å². The molecule has 0 spiro atoms. The summed E-state index contributed by atoms with van der Waals surface area (Å²) in [4.78, 5) is 35.5. The summed E-state index contributed by atoms with van der Waals surface area (Å²) in [7, 11) is 0. The van der Waals surface area contributed by atoms with Gasteiger partial charge in [-0.05, 0) is 56.4 Å². The van der Waals surface area contributed by atoms with Crippen molar-refractivity contribution in [1.29, 1.82) is 0 Å². The molecule has 2 aromatic heterocycles. The van der Waals surface area contributed by atoms with Crippen LogP contribution in [0.3, 0.4) is 0 Å². The van der Waals surface area contributed by atoms with Crippen molar-refractivity contribution in [3.63, 3.8) is 0 Å². The van der Waals surface area contributed by atoms with Crippen molar-refractivity contribution in [2.24, 2.45) is 0 Å². The number of anilines is 1. The van der Waals surface area contributed by atoms with Gasteiger partial charge >= 0.3 is 0 Å². The van der Waals surface area contributed by atoms with Gasteiger partial charge in [-0.3, -0.25) is 9.59 Å². The van der Waals surface area contributed by atoms with Crippen molar-refractivity contribution < 1.29 is 4.79 Å². The van der Waals surface area contributed by atoms with E-state index in [1.54, 1.807) is 12.1 Å². The molecule has 3 aromatic rings. The van der Waals surface area contributed by atoms with Crippen LogP contribution in [0.2, 0.25) is 0 Å². The summed E-state index contributed by atoms with van der Waals surface area (Å²) in [5.41, 5.74) is 4.03. The van der Waals surface area contributed by atoms with Gasteiger partial charge in [0, 0.05) is 5.69 Å². The molecule has 0 aliphatic heterocycles. The van der Waals surface area contributed by atoms with Crippen LogP contribution in [-0.2, 0) is 12.8 Å². The topological polar surface area (TPSA) is 90.6 Å². The van der Waals surface area contributed by atoms with E-state index in [4.69, 9.17) is 0 Å². The Labute approximate surface area is 144 Å². The Morgan fingerprint density at radius 2 is 2.00 bits per heavy atom. The molecule has 1 aliphatic carbocycles. The SMILES string of the molecule is Cc1nc2c(NC(=O)c3cc4c([nH]c3=O)CCCCC4)cccc2[nH]1. The second-order valence-corrected chi connectivity index (χ2v) is 6.55. The number of carbonyl (C=O) groups excluding carboxylic acids is 1. The van der Waals surface area contributed by atoms with Crippen molar-refractivity contribution in [3.05, 3.63) is 57.3 Å². The molecular formula is C19H20N4O2. The van der Waals surface area contributed by atoms with Gasteiger partial charge in [0.2, 0.25) is 0 Å². The molecule has 0 unspecified atom stereocenters. The van der Waals surface area contributed by atoms with Gasteiger partial charge in [0.15, 0.2) is 0 Å². The molecule has 3 N–H and O–H groups in total. The molecule has 25 heavy (non-hydrogen) atoms.